The fourth-order valence-electron chi connectivity index (χ4n) is 3.41. The Hall–Kier alpha value is -3.11. The molecule has 0 unspecified atom stereocenters. The molecule has 0 spiro atoms. The van der Waals surface area contributed by atoms with E-state index in [2.05, 4.69) is 16.0 Å². The first-order valence-electron chi connectivity index (χ1n) is 10.5. The molecular formula is C24H21Cl3N4O4S. The molecule has 1 amide bonds. The van der Waals surface area contributed by atoms with Crippen LogP contribution in [0.5, 0.6) is 5.75 Å². The van der Waals surface area contributed by atoms with Gasteiger partial charge < -0.3 is 20.7 Å². The maximum atomic E-state index is 13.5. The first-order valence-corrected chi connectivity index (χ1v) is 12.0. The van der Waals surface area contributed by atoms with E-state index in [-0.39, 0.29) is 16.5 Å². The summed E-state index contributed by atoms with van der Waals surface area (Å²) in [6, 6.07) is 22.3. The highest BCUT2D eigenvalue weighted by molar-refractivity contribution is 7.80. The first-order chi connectivity index (χ1) is 17.1. The van der Waals surface area contributed by atoms with E-state index in [1.54, 1.807) is 0 Å². The summed E-state index contributed by atoms with van der Waals surface area (Å²) in [5, 5.41) is 19.4. The summed E-state index contributed by atoms with van der Waals surface area (Å²) in [4.78, 5) is 24.1. The molecule has 0 bridgehead atoms. The minimum Gasteiger partial charge on any atom is -0.495 e. The Morgan fingerprint density at radius 2 is 1.53 bits per heavy atom. The molecule has 12 heteroatoms. The number of nitrogens with one attached hydrogen (secondary N) is 3. The summed E-state index contributed by atoms with van der Waals surface area (Å²) in [6.07, 6.45) is -1.25. The number of anilines is 1. The smallest absolute Gasteiger partial charge is 0.271 e. The van der Waals surface area contributed by atoms with Crippen molar-refractivity contribution in [3.8, 4) is 5.75 Å². The number of hydrogen-bond donors (Lipinski definition) is 3. The van der Waals surface area contributed by atoms with Gasteiger partial charge in [-0.05, 0) is 29.4 Å². The molecule has 36 heavy (non-hydrogen) atoms. The first kappa shape index (κ1) is 27.5. The Balaban J connectivity index is 1.83. The van der Waals surface area contributed by atoms with Gasteiger partial charge in [0.1, 0.15) is 11.9 Å². The Kier molecular flexibility index (Phi) is 9.33. The zero-order chi connectivity index (χ0) is 26.3. The molecule has 3 aromatic rings. The van der Waals surface area contributed by atoms with Crippen LogP contribution in [0.3, 0.4) is 0 Å². The van der Waals surface area contributed by atoms with Gasteiger partial charge in [0.15, 0.2) is 5.11 Å². The molecule has 0 heterocycles. The Labute approximate surface area is 228 Å². The number of amides is 1. The minimum absolute atomic E-state index is 0.0682. The van der Waals surface area contributed by atoms with Crippen molar-refractivity contribution >= 4 is 69.4 Å². The van der Waals surface area contributed by atoms with Crippen LogP contribution in [0.1, 0.15) is 17.0 Å². The van der Waals surface area contributed by atoms with E-state index >= 15 is 0 Å². The lowest BCUT2D eigenvalue weighted by Crippen LogP contribution is -2.57. The van der Waals surface area contributed by atoms with E-state index < -0.39 is 26.7 Å². The van der Waals surface area contributed by atoms with Gasteiger partial charge in [-0.3, -0.25) is 14.9 Å². The Morgan fingerprint density at radius 3 is 2.00 bits per heavy atom. The van der Waals surface area contributed by atoms with Gasteiger partial charge in [0.2, 0.25) is 9.70 Å². The van der Waals surface area contributed by atoms with E-state index in [0.29, 0.717) is 5.75 Å². The van der Waals surface area contributed by atoms with Crippen LogP contribution < -0.4 is 20.7 Å². The van der Waals surface area contributed by atoms with Gasteiger partial charge in [0.05, 0.1) is 23.6 Å². The zero-order valence-electron chi connectivity index (χ0n) is 18.8. The summed E-state index contributed by atoms with van der Waals surface area (Å²) in [7, 11) is 1.40. The molecular weight excluding hydrogens is 547 g/mol. The average Bonchev–Trinajstić information content (AvgIpc) is 2.84. The second-order valence-electron chi connectivity index (χ2n) is 7.48. The molecule has 0 aromatic heterocycles. The van der Waals surface area contributed by atoms with E-state index in [4.69, 9.17) is 51.8 Å². The lowest BCUT2D eigenvalue weighted by atomic mass is 9.90. The third-order valence-electron chi connectivity index (χ3n) is 5.06. The SMILES string of the molecule is COc1ccc([N+](=O)[O-])cc1NC(=S)N[C@H](NC(=O)C(c1ccccc1)c1ccccc1)C(Cl)(Cl)Cl. The third-order valence-corrected chi connectivity index (χ3v) is 5.93. The highest BCUT2D eigenvalue weighted by Gasteiger charge is 2.37. The van der Waals surface area contributed by atoms with E-state index in [0.717, 1.165) is 11.1 Å². The molecule has 3 rings (SSSR count). The fraction of sp³-hybridized carbons (Fsp3) is 0.167. The van der Waals surface area contributed by atoms with Crippen molar-refractivity contribution in [2.24, 2.45) is 0 Å². The number of non-ortho nitro benzene ring substituents is 1. The van der Waals surface area contributed by atoms with Crippen molar-refractivity contribution < 1.29 is 14.5 Å². The minimum atomic E-state index is -2.01. The summed E-state index contributed by atoms with van der Waals surface area (Å²) in [5.74, 6) is -0.832. The summed E-state index contributed by atoms with van der Waals surface area (Å²) in [5.41, 5.74) is 1.52. The van der Waals surface area contributed by atoms with E-state index in [9.17, 15) is 14.9 Å². The van der Waals surface area contributed by atoms with Gasteiger partial charge in [0, 0.05) is 12.1 Å². The number of thiocarbonyl (C=S) groups is 1. The molecule has 188 valence electrons. The van der Waals surface area contributed by atoms with Crippen LogP contribution in [0.2, 0.25) is 0 Å². The average molecular weight is 568 g/mol. The number of benzene rings is 3. The van der Waals surface area contributed by atoms with Crippen molar-refractivity contribution in [3.63, 3.8) is 0 Å². The summed E-state index contributed by atoms with van der Waals surface area (Å²) < 4.78 is 3.22. The van der Waals surface area contributed by atoms with Crippen LogP contribution >= 0.6 is 47.0 Å². The summed E-state index contributed by atoms with van der Waals surface area (Å²) >= 11 is 23.8. The summed E-state index contributed by atoms with van der Waals surface area (Å²) in [6.45, 7) is 0. The number of nitrogens with zero attached hydrogens (tertiary/aromatic N) is 1. The lowest BCUT2D eigenvalue weighted by molar-refractivity contribution is -0.384. The normalized spacial score (nSPS) is 11.9. The molecule has 0 fully saturated rings. The molecule has 0 aliphatic carbocycles. The molecule has 3 aromatic carbocycles. The molecule has 0 radical (unpaired) electrons. The molecule has 0 saturated carbocycles. The van der Waals surface area contributed by atoms with Gasteiger partial charge in [-0.2, -0.15) is 0 Å². The Morgan fingerprint density at radius 1 is 0.972 bits per heavy atom. The van der Waals surface area contributed by atoms with E-state index in [1.165, 1.54) is 25.3 Å². The van der Waals surface area contributed by atoms with Gasteiger partial charge in [-0.25, -0.2) is 0 Å². The number of methoxy groups -OCH3 is 1. The van der Waals surface area contributed by atoms with Crippen molar-refractivity contribution in [3.05, 3.63) is 100 Å². The van der Waals surface area contributed by atoms with Gasteiger partial charge in [-0.1, -0.05) is 95.5 Å². The van der Waals surface area contributed by atoms with Crippen LogP contribution in [-0.2, 0) is 4.79 Å². The predicted molar refractivity (Wildman–Crippen MR) is 146 cm³/mol. The third kappa shape index (κ3) is 7.20. The Bertz CT molecular complexity index is 1190. The number of carbonyl (C=O) groups is 1. The quantitative estimate of drug-likeness (QED) is 0.108. The van der Waals surface area contributed by atoms with Crippen LogP contribution in [0.15, 0.2) is 78.9 Å². The number of ether oxygens (including phenoxy) is 1. The predicted octanol–water partition coefficient (Wildman–Crippen LogP) is 5.53. The highest BCUT2D eigenvalue weighted by atomic mass is 35.6. The second-order valence-corrected chi connectivity index (χ2v) is 10.3. The molecule has 1 atom stereocenters. The van der Waals surface area contributed by atoms with Crippen molar-refractivity contribution in [1.82, 2.24) is 10.6 Å². The van der Waals surface area contributed by atoms with Crippen LogP contribution in [0, 0.1) is 10.1 Å². The van der Waals surface area contributed by atoms with Crippen LogP contribution in [0.4, 0.5) is 11.4 Å². The number of carbonyl (C=O) groups excluding carboxylic acids is 1. The second kappa shape index (κ2) is 12.2. The molecule has 0 aliphatic heterocycles. The zero-order valence-corrected chi connectivity index (χ0v) is 21.9. The van der Waals surface area contributed by atoms with Crippen LogP contribution in [0.25, 0.3) is 0 Å². The van der Waals surface area contributed by atoms with Gasteiger partial charge in [0.25, 0.3) is 5.69 Å². The molecule has 0 aliphatic rings. The van der Waals surface area contributed by atoms with Crippen molar-refractivity contribution in [1.29, 1.82) is 0 Å². The van der Waals surface area contributed by atoms with Crippen LogP contribution in [-0.4, -0.2) is 33.0 Å². The lowest BCUT2D eigenvalue weighted by Gasteiger charge is -2.30. The number of nitro benzene ring substituents is 1. The maximum Gasteiger partial charge on any atom is 0.271 e. The van der Waals surface area contributed by atoms with Gasteiger partial charge in [-0.15, -0.1) is 0 Å². The van der Waals surface area contributed by atoms with Gasteiger partial charge >= 0.3 is 0 Å². The standard InChI is InChI=1S/C24H21Cl3N4O4S/c1-35-19-13-12-17(31(33)34)14-18(19)28-23(36)30-22(24(25,26)27)29-21(32)20(15-8-4-2-5-9-15)16-10-6-3-7-11-16/h2-14,20,22H,1H3,(H,29,32)(H2,28,30,36)/t22-/m0/s1. The van der Waals surface area contributed by atoms with E-state index in [1.807, 2.05) is 60.7 Å². The number of alkyl halides is 3. The molecule has 0 saturated heterocycles. The molecule has 3 N–H and O–H groups in total. The number of hydrogen-bond acceptors (Lipinski definition) is 5. The fourth-order valence-corrected chi connectivity index (χ4v) is 3.96. The topological polar surface area (TPSA) is 106 Å². The largest absolute Gasteiger partial charge is 0.495 e. The molecule has 8 nitrogen and oxygen atoms in total. The number of nitro groups is 1. The monoisotopic (exact) mass is 566 g/mol. The maximum absolute atomic E-state index is 13.5. The van der Waals surface area contributed by atoms with Crippen molar-refractivity contribution in [2.45, 2.75) is 15.9 Å². The van der Waals surface area contributed by atoms with Crippen molar-refractivity contribution in [2.75, 3.05) is 12.4 Å². The number of rotatable bonds is 8. The highest BCUT2D eigenvalue weighted by Crippen LogP contribution is 2.32. The number of halogens is 3.